The van der Waals surface area contributed by atoms with E-state index in [0.29, 0.717) is 18.1 Å². The zero-order valence-electron chi connectivity index (χ0n) is 10.2. The number of fused-ring (bicyclic) bond motifs is 1. The van der Waals surface area contributed by atoms with Crippen molar-refractivity contribution in [2.45, 2.75) is 19.9 Å². The fraction of sp³-hybridized carbons (Fsp3) is 0.417. The van der Waals surface area contributed by atoms with Crippen LogP contribution in [0.3, 0.4) is 0 Å². The fourth-order valence-electron chi connectivity index (χ4n) is 1.80. The van der Waals surface area contributed by atoms with Crippen LogP contribution in [0.2, 0.25) is 0 Å². The van der Waals surface area contributed by atoms with Gasteiger partial charge in [-0.3, -0.25) is 4.79 Å². The lowest BCUT2D eigenvalue weighted by Gasteiger charge is -2.26. The van der Waals surface area contributed by atoms with Gasteiger partial charge in [-0.15, -0.1) is 16.4 Å². The molecule has 2 aromatic heterocycles. The largest absolute Gasteiger partial charge is 0.377 e. The van der Waals surface area contributed by atoms with Gasteiger partial charge in [0.05, 0.1) is 29.8 Å². The summed E-state index contributed by atoms with van der Waals surface area (Å²) in [5.41, 5.74) is 1.99. The van der Waals surface area contributed by atoms with Crippen molar-refractivity contribution in [3.05, 3.63) is 22.2 Å². The first-order valence-corrected chi connectivity index (χ1v) is 6.59. The molecule has 1 amide bonds. The van der Waals surface area contributed by atoms with E-state index in [2.05, 4.69) is 15.5 Å². The minimum atomic E-state index is -0.0525. The molecule has 0 aliphatic carbocycles. The molecule has 0 unspecified atom stereocenters. The highest BCUT2D eigenvalue weighted by molar-refractivity contribution is 7.20. The molecule has 1 aliphatic rings. The second kappa shape index (κ2) is 4.29. The summed E-state index contributed by atoms with van der Waals surface area (Å²) in [5, 5.41) is 12.1. The van der Waals surface area contributed by atoms with E-state index in [4.69, 9.17) is 4.74 Å². The van der Waals surface area contributed by atoms with Crippen molar-refractivity contribution >= 4 is 27.5 Å². The summed E-state index contributed by atoms with van der Waals surface area (Å²) in [7, 11) is 0. The standard InChI is InChI=1S/C12H13N3O2S/c1-6-7(2)14-15-12-9(6)3-10(18-12)11(16)13-8-4-17-5-8/h3,8H,4-5H2,1-2H3,(H,13,16). The van der Waals surface area contributed by atoms with Gasteiger partial charge in [-0.25, -0.2) is 0 Å². The maximum Gasteiger partial charge on any atom is 0.261 e. The van der Waals surface area contributed by atoms with Crippen LogP contribution >= 0.6 is 11.3 Å². The monoisotopic (exact) mass is 263 g/mol. The molecule has 18 heavy (non-hydrogen) atoms. The molecule has 0 bridgehead atoms. The number of rotatable bonds is 2. The summed E-state index contributed by atoms with van der Waals surface area (Å²) in [6.07, 6.45) is 0. The van der Waals surface area contributed by atoms with Crippen molar-refractivity contribution in [3.63, 3.8) is 0 Å². The van der Waals surface area contributed by atoms with Crippen LogP contribution in [-0.4, -0.2) is 35.4 Å². The van der Waals surface area contributed by atoms with Gasteiger partial charge in [-0.2, -0.15) is 5.10 Å². The summed E-state index contributed by atoms with van der Waals surface area (Å²) in [6.45, 7) is 5.13. The average Bonchev–Trinajstić information content (AvgIpc) is 2.73. The summed E-state index contributed by atoms with van der Waals surface area (Å²) < 4.78 is 5.03. The van der Waals surface area contributed by atoms with Gasteiger partial charge in [0.25, 0.3) is 5.91 Å². The van der Waals surface area contributed by atoms with Crippen LogP contribution in [0, 0.1) is 13.8 Å². The van der Waals surface area contributed by atoms with E-state index in [1.54, 1.807) is 0 Å². The SMILES string of the molecule is Cc1nnc2sc(C(=O)NC3COC3)cc2c1C. The van der Waals surface area contributed by atoms with Crippen molar-refractivity contribution in [2.24, 2.45) is 0 Å². The van der Waals surface area contributed by atoms with E-state index in [1.165, 1.54) is 11.3 Å². The molecule has 0 aromatic carbocycles. The van der Waals surface area contributed by atoms with E-state index in [9.17, 15) is 4.79 Å². The van der Waals surface area contributed by atoms with Gasteiger partial charge in [0.1, 0.15) is 4.83 Å². The zero-order chi connectivity index (χ0) is 12.7. The first kappa shape index (κ1) is 11.6. The average molecular weight is 263 g/mol. The molecule has 5 nitrogen and oxygen atoms in total. The highest BCUT2D eigenvalue weighted by atomic mass is 32.1. The van der Waals surface area contributed by atoms with Crippen molar-refractivity contribution < 1.29 is 9.53 Å². The van der Waals surface area contributed by atoms with Gasteiger partial charge < -0.3 is 10.1 Å². The third-order valence-corrected chi connectivity index (χ3v) is 4.17. The third kappa shape index (κ3) is 1.87. The van der Waals surface area contributed by atoms with Gasteiger partial charge in [0.2, 0.25) is 0 Å². The molecule has 0 atom stereocenters. The smallest absolute Gasteiger partial charge is 0.261 e. The van der Waals surface area contributed by atoms with Crippen LogP contribution in [0.15, 0.2) is 6.07 Å². The van der Waals surface area contributed by atoms with Crippen LogP contribution in [0.25, 0.3) is 10.2 Å². The quantitative estimate of drug-likeness (QED) is 0.890. The number of carbonyl (C=O) groups is 1. The number of nitrogens with one attached hydrogen (secondary N) is 1. The molecule has 1 saturated heterocycles. The number of aromatic nitrogens is 2. The Kier molecular flexibility index (Phi) is 2.76. The Hall–Kier alpha value is -1.53. The number of carbonyl (C=O) groups excluding carboxylic acids is 1. The molecule has 1 aliphatic heterocycles. The van der Waals surface area contributed by atoms with E-state index in [-0.39, 0.29) is 11.9 Å². The number of amides is 1. The fourth-order valence-corrected chi connectivity index (χ4v) is 2.74. The van der Waals surface area contributed by atoms with Crippen molar-refractivity contribution in [3.8, 4) is 0 Å². The predicted molar refractivity (Wildman–Crippen MR) is 69.0 cm³/mol. The van der Waals surface area contributed by atoms with E-state index in [1.807, 2.05) is 19.9 Å². The highest BCUT2D eigenvalue weighted by Crippen LogP contribution is 2.27. The van der Waals surface area contributed by atoms with Crippen molar-refractivity contribution in [1.82, 2.24) is 15.5 Å². The number of aryl methyl sites for hydroxylation is 2. The Morgan fingerprint density at radius 3 is 2.89 bits per heavy atom. The molecule has 94 valence electrons. The lowest BCUT2D eigenvalue weighted by molar-refractivity contribution is -0.00338. The number of hydrogen-bond acceptors (Lipinski definition) is 5. The Balaban J connectivity index is 1.92. The number of hydrogen-bond donors (Lipinski definition) is 1. The molecular formula is C12H13N3O2S. The molecule has 6 heteroatoms. The molecule has 0 radical (unpaired) electrons. The lowest BCUT2D eigenvalue weighted by atomic mass is 10.2. The van der Waals surface area contributed by atoms with Crippen molar-refractivity contribution in [2.75, 3.05) is 13.2 Å². The number of ether oxygens (including phenoxy) is 1. The second-order valence-corrected chi connectivity index (χ2v) is 5.48. The van der Waals surface area contributed by atoms with Crippen LogP contribution in [0.1, 0.15) is 20.9 Å². The normalized spacial score (nSPS) is 15.7. The molecule has 1 fully saturated rings. The Labute approximate surface area is 108 Å². The second-order valence-electron chi connectivity index (χ2n) is 4.45. The molecule has 3 rings (SSSR count). The topological polar surface area (TPSA) is 64.1 Å². The lowest BCUT2D eigenvalue weighted by Crippen LogP contribution is -2.48. The maximum atomic E-state index is 12.0. The van der Waals surface area contributed by atoms with Crippen LogP contribution < -0.4 is 5.32 Å². The molecule has 3 heterocycles. The van der Waals surface area contributed by atoms with Gasteiger partial charge in [0.15, 0.2) is 0 Å². The minimum Gasteiger partial charge on any atom is -0.377 e. The minimum absolute atomic E-state index is 0.0525. The number of nitrogens with zero attached hydrogens (tertiary/aromatic N) is 2. The Bertz CT molecular complexity index is 619. The Morgan fingerprint density at radius 2 is 2.22 bits per heavy atom. The molecule has 2 aromatic rings. The Morgan fingerprint density at radius 1 is 1.44 bits per heavy atom. The molecule has 1 N–H and O–H groups in total. The summed E-state index contributed by atoms with van der Waals surface area (Å²) in [5.74, 6) is -0.0525. The molecule has 0 saturated carbocycles. The first-order chi connectivity index (χ1) is 8.65. The molecule has 0 spiro atoms. The van der Waals surface area contributed by atoms with E-state index >= 15 is 0 Å². The maximum absolute atomic E-state index is 12.0. The predicted octanol–water partition coefficient (Wildman–Crippen LogP) is 1.44. The first-order valence-electron chi connectivity index (χ1n) is 5.77. The zero-order valence-corrected chi connectivity index (χ0v) is 11.0. The third-order valence-electron chi connectivity index (χ3n) is 3.15. The molecular weight excluding hydrogens is 250 g/mol. The van der Waals surface area contributed by atoms with Gasteiger partial charge in [-0.1, -0.05) is 0 Å². The van der Waals surface area contributed by atoms with E-state index < -0.39 is 0 Å². The van der Waals surface area contributed by atoms with Crippen LogP contribution in [-0.2, 0) is 4.74 Å². The van der Waals surface area contributed by atoms with Crippen LogP contribution in [0.5, 0.6) is 0 Å². The number of thiophene rings is 1. The summed E-state index contributed by atoms with van der Waals surface area (Å²) in [4.78, 5) is 13.5. The summed E-state index contributed by atoms with van der Waals surface area (Å²) >= 11 is 1.38. The van der Waals surface area contributed by atoms with E-state index in [0.717, 1.165) is 21.5 Å². The van der Waals surface area contributed by atoms with Gasteiger partial charge in [-0.05, 0) is 25.5 Å². The highest BCUT2D eigenvalue weighted by Gasteiger charge is 2.22. The van der Waals surface area contributed by atoms with Crippen LogP contribution in [0.4, 0.5) is 0 Å². The van der Waals surface area contributed by atoms with Gasteiger partial charge in [0, 0.05) is 5.39 Å². The van der Waals surface area contributed by atoms with Gasteiger partial charge >= 0.3 is 0 Å². The summed E-state index contributed by atoms with van der Waals surface area (Å²) in [6, 6.07) is 2.04. The van der Waals surface area contributed by atoms with Crippen molar-refractivity contribution in [1.29, 1.82) is 0 Å².